The zero-order valence-corrected chi connectivity index (χ0v) is 18.4. The molecule has 1 saturated heterocycles. The molecule has 31 heavy (non-hydrogen) atoms. The number of anilines is 1. The van der Waals surface area contributed by atoms with Crippen molar-refractivity contribution in [1.29, 1.82) is 0 Å². The number of piperazine rings is 1. The van der Waals surface area contributed by atoms with E-state index >= 15 is 0 Å². The van der Waals surface area contributed by atoms with Gasteiger partial charge in [-0.1, -0.05) is 59.6 Å². The van der Waals surface area contributed by atoms with Crippen LogP contribution in [0.4, 0.5) is 11.4 Å². The number of hydrogen-bond acceptors (Lipinski definition) is 3. The summed E-state index contributed by atoms with van der Waals surface area (Å²) in [7, 11) is 0. The first-order valence-electron chi connectivity index (χ1n) is 10.3. The van der Waals surface area contributed by atoms with E-state index in [2.05, 4.69) is 11.0 Å². The van der Waals surface area contributed by atoms with Gasteiger partial charge >= 0.3 is 0 Å². The minimum absolute atomic E-state index is 0.00748. The summed E-state index contributed by atoms with van der Waals surface area (Å²) in [5, 5.41) is 1.37. The van der Waals surface area contributed by atoms with Crippen molar-refractivity contribution in [2.45, 2.75) is 5.92 Å². The lowest BCUT2D eigenvalue weighted by Crippen LogP contribution is -2.51. The van der Waals surface area contributed by atoms with Gasteiger partial charge in [-0.25, -0.2) is 4.99 Å². The maximum absolute atomic E-state index is 13.6. The Hall–Kier alpha value is -2.82. The minimum atomic E-state index is -0.201. The van der Waals surface area contributed by atoms with Crippen molar-refractivity contribution in [3.05, 3.63) is 94.0 Å². The van der Waals surface area contributed by atoms with Crippen LogP contribution < -0.4 is 4.90 Å². The average Bonchev–Trinajstić information content (AvgIpc) is 3.18. The number of rotatable bonds is 3. The van der Waals surface area contributed by atoms with Crippen LogP contribution in [-0.2, 0) is 4.79 Å². The Kier molecular flexibility index (Phi) is 5.43. The summed E-state index contributed by atoms with van der Waals surface area (Å²) in [5.74, 6) is -0.208. The molecular formula is C25H21Cl2N3O. The van der Waals surface area contributed by atoms with Crippen molar-refractivity contribution in [2.75, 3.05) is 31.1 Å². The predicted octanol–water partition coefficient (Wildman–Crippen LogP) is 5.56. The molecule has 0 N–H and O–H groups in total. The lowest BCUT2D eigenvalue weighted by Gasteiger charge is -2.36. The van der Waals surface area contributed by atoms with E-state index in [-0.39, 0.29) is 11.8 Å². The molecule has 6 heteroatoms. The van der Waals surface area contributed by atoms with E-state index < -0.39 is 0 Å². The molecule has 4 nitrogen and oxygen atoms in total. The molecule has 2 aliphatic heterocycles. The van der Waals surface area contributed by atoms with Crippen LogP contribution >= 0.6 is 23.2 Å². The van der Waals surface area contributed by atoms with E-state index in [9.17, 15) is 4.79 Å². The summed E-state index contributed by atoms with van der Waals surface area (Å²) < 4.78 is 0. The van der Waals surface area contributed by atoms with Gasteiger partial charge in [0.25, 0.3) is 5.91 Å². The van der Waals surface area contributed by atoms with Gasteiger partial charge in [0, 0.05) is 41.9 Å². The molecule has 2 heterocycles. The molecule has 1 atom stereocenters. The number of halogens is 2. The molecule has 2 aliphatic rings. The van der Waals surface area contributed by atoms with Crippen LogP contribution in [0.1, 0.15) is 17.0 Å². The number of nitrogens with zero attached hydrogens (tertiary/aromatic N) is 3. The third-order valence-electron chi connectivity index (χ3n) is 5.91. The molecule has 1 amide bonds. The van der Waals surface area contributed by atoms with E-state index in [1.165, 1.54) is 0 Å². The Balaban J connectivity index is 1.39. The standard InChI is InChI=1S/C25H21Cl2N3O/c26-18-7-4-8-20(15-18)29-11-13-30(14-12-29)25(31)24-23(17-5-2-1-3-6-17)21-16-19(27)9-10-22(21)28-24/h1-10,15-16,23H,11-14H2. The van der Waals surface area contributed by atoms with Gasteiger partial charge in [0.15, 0.2) is 0 Å². The Morgan fingerprint density at radius 1 is 0.839 bits per heavy atom. The highest BCUT2D eigenvalue weighted by atomic mass is 35.5. The molecule has 0 spiro atoms. The second-order valence-corrected chi connectivity index (χ2v) is 8.68. The smallest absolute Gasteiger partial charge is 0.269 e. The molecule has 0 saturated carbocycles. The molecule has 0 radical (unpaired) electrons. The number of amides is 1. The Bertz CT molecular complexity index is 1150. The summed E-state index contributed by atoms with van der Waals surface area (Å²) in [4.78, 5) is 22.5. The van der Waals surface area contributed by atoms with Crippen LogP contribution in [0, 0.1) is 0 Å². The summed E-state index contributed by atoms with van der Waals surface area (Å²) in [6.45, 7) is 2.80. The van der Waals surface area contributed by atoms with E-state index in [1.54, 1.807) is 0 Å². The van der Waals surface area contributed by atoms with Crippen LogP contribution in [0.3, 0.4) is 0 Å². The quantitative estimate of drug-likeness (QED) is 0.524. The zero-order chi connectivity index (χ0) is 21.4. The van der Waals surface area contributed by atoms with Crippen molar-refractivity contribution < 1.29 is 4.79 Å². The fourth-order valence-corrected chi connectivity index (χ4v) is 4.72. The maximum Gasteiger partial charge on any atom is 0.269 e. The van der Waals surface area contributed by atoms with Gasteiger partial charge in [-0.2, -0.15) is 0 Å². The molecule has 0 aromatic heterocycles. The fourth-order valence-electron chi connectivity index (χ4n) is 4.36. The van der Waals surface area contributed by atoms with Crippen molar-refractivity contribution in [2.24, 2.45) is 4.99 Å². The first-order valence-corrected chi connectivity index (χ1v) is 11.1. The van der Waals surface area contributed by atoms with E-state index in [4.69, 9.17) is 28.2 Å². The third-order valence-corrected chi connectivity index (χ3v) is 6.38. The number of carbonyl (C=O) groups is 1. The molecule has 0 aliphatic carbocycles. The highest BCUT2D eigenvalue weighted by molar-refractivity contribution is 6.43. The van der Waals surface area contributed by atoms with E-state index in [1.807, 2.05) is 71.6 Å². The van der Waals surface area contributed by atoms with Gasteiger partial charge in [-0.05, 0) is 47.5 Å². The molecule has 0 bridgehead atoms. The number of benzene rings is 3. The lowest BCUT2D eigenvalue weighted by atomic mass is 9.88. The maximum atomic E-state index is 13.6. The first kappa shape index (κ1) is 20.1. The van der Waals surface area contributed by atoms with Gasteiger partial charge in [0.2, 0.25) is 0 Å². The molecule has 3 aromatic carbocycles. The molecular weight excluding hydrogens is 429 g/mol. The monoisotopic (exact) mass is 449 g/mol. The van der Waals surface area contributed by atoms with Crippen molar-refractivity contribution in [3.63, 3.8) is 0 Å². The van der Waals surface area contributed by atoms with Gasteiger partial charge in [0.05, 0.1) is 11.6 Å². The van der Waals surface area contributed by atoms with Gasteiger partial charge in [-0.3, -0.25) is 4.79 Å². The molecule has 1 unspecified atom stereocenters. The van der Waals surface area contributed by atoms with Crippen LogP contribution in [0.5, 0.6) is 0 Å². The van der Waals surface area contributed by atoms with Crippen LogP contribution in [-0.4, -0.2) is 42.7 Å². The van der Waals surface area contributed by atoms with Gasteiger partial charge in [0.1, 0.15) is 5.71 Å². The van der Waals surface area contributed by atoms with Crippen molar-refractivity contribution >= 4 is 46.2 Å². The minimum Gasteiger partial charge on any atom is -0.368 e. The van der Waals surface area contributed by atoms with E-state index in [0.717, 1.165) is 40.6 Å². The summed E-state index contributed by atoms with van der Waals surface area (Å²) in [5.41, 5.74) is 4.51. The first-order chi connectivity index (χ1) is 15.1. The summed E-state index contributed by atoms with van der Waals surface area (Å²) in [6.07, 6.45) is 0. The van der Waals surface area contributed by atoms with Crippen molar-refractivity contribution in [1.82, 2.24) is 4.90 Å². The van der Waals surface area contributed by atoms with Crippen molar-refractivity contribution in [3.8, 4) is 0 Å². The second kappa shape index (κ2) is 8.37. The lowest BCUT2D eigenvalue weighted by molar-refractivity contribution is -0.124. The Labute approximate surface area is 191 Å². The Morgan fingerprint density at radius 2 is 1.58 bits per heavy atom. The topological polar surface area (TPSA) is 35.9 Å². The number of hydrogen-bond donors (Lipinski definition) is 0. The summed E-state index contributed by atoms with van der Waals surface area (Å²) in [6, 6.07) is 23.5. The zero-order valence-electron chi connectivity index (χ0n) is 16.8. The molecule has 156 valence electrons. The highest BCUT2D eigenvalue weighted by Crippen LogP contribution is 2.41. The SMILES string of the molecule is O=C(C1=Nc2ccc(Cl)cc2C1c1ccccc1)N1CCN(c2cccc(Cl)c2)CC1. The van der Waals surface area contributed by atoms with Gasteiger partial charge in [-0.15, -0.1) is 0 Å². The largest absolute Gasteiger partial charge is 0.368 e. The average molecular weight is 450 g/mol. The number of fused-ring (bicyclic) bond motifs is 1. The molecule has 1 fully saturated rings. The third kappa shape index (κ3) is 3.93. The number of carbonyl (C=O) groups excluding carboxylic acids is 1. The fraction of sp³-hybridized carbons (Fsp3) is 0.200. The van der Waals surface area contributed by atoms with Crippen LogP contribution in [0.25, 0.3) is 0 Å². The molecule has 3 aromatic rings. The normalized spacial score (nSPS) is 18.0. The van der Waals surface area contributed by atoms with Crippen LogP contribution in [0.15, 0.2) is 77.8 Å². The van der Waals surface area contributed by atoms with Crippen LogP contribution in [0.2, 0.25) is 10.0 Å². The number of aliphatic imine (C=N–C) groups is 1. The summed E-state index contributed by atoms with van der Waals surface area (Å²) >= 11 is 12.4. The predicted molar refractivity (Wildman–Crippen MR) is 127 cm³/mol. The second-order valence-electron chi connectivity index (χ2n) is 7.80. The van der Waals surface area contributed by atoms with E-state index in [0.29, 0.717) is 23.8 Å². The Morgan fingerprint density at radius 3 is 2.32 bits per heavy atom. The molecule has 5 rings (SSSR count). The highest BCUT2D eigenvalue weighted by Gasteiger charge is 2.36. The van der Waals surface area contributed by atoms with Gasteiger partial charge < -0.3 is 9.80 Å².